The highest BCUT2D eigenvalue weighted by molar-refractivity contribution is 5.80. The molecule has 0 spiro atoms. The van der Waals surface area contributed by atoms with Gasteiger partial charge in [-0.15, -0.1) is 0 Å². The summed E-state index contributed by atoms with van der Waals surface area (Å²) in [6, 6.07) is 12.4. The fraction of sp³-hybridized carbons (Fsp3) is 0.294. The van der Waals surface area contributed by atoms with Gasteiger partial charge in [0.05, 0.1) is 11.4 Å². The van der Waals surface area contributed by atoms with Gasteiger partial charge in [0.15, 0.2) is 0 Å². The molecule has 1 amide bonds. The Hall–Kier alpha value is -2.16. The third kappa shape index (κ3) is 2.20. The number of aromatic nitrogens is 1. The van der Waals surface area contributed by atoms with Crippen LogP contribution in [0.4, 0.5) is 5.69 Å². The maximum atomic E-state index is 11.2. The first kappa shape index (κ1) is 12.9. The first-order valence-electron chi connectivity index (χ1n) is 6.85. The van der Waals surface area contributed by atoms with Crippen LogP contribution in [0, 0.1) is 0 Å². The van der Waals surface area contributed by atoms with Gasteiger partial charge in [-0.25, -0.2) is 0 Å². The zero-order chi connectivity index (χ0) is 14.2. The summed E-state index contributed by atoms with van der Waals surface area (Å²) < 4.78 is 0. The summed E-state index contributed by atoms with van der Waals surface area (Å²) in [5.74, 6) is 0. The molecule has 3 rings (SSSR count). The normalized spacial score (nSPS) is 16.0. The van der Waals surface area contributed by atoms with Crippen LogP contribution in [0.3, 0.4) is 0 Å². The molecule has 0 bridgehead atoms. The van der Waals surface area contributed by atoms with Crippen molar-refractivity contribution in [2.45, 2.75) is 25.7 Å². The Labute approximate surface area is 119 Å². The van der Waals surface area contributed by atoms with E-state index < -0.39 is 0 Å². The van der Waals surface area contributed by atoms with E-state index in [0.717, 1.165) is 29.8 Å². The second-order valence-corrected chi connectivity index (χ2v) is 5.99. The van der Waals surface area contributed by atoms with Gasteiger partial charge in [0.25, 0.3) is 0 Å². The summed E-state index contributed by atoms with van der Waals surface area (Å²) in [6.45, 7) is 4.95. The average Bonchev–Trinajstić information content (AvgIpc) is 2.71. The van der Waals surface area contributed by atoms with E-state index in [9.17, 15) is 4.79 Å². The minimum Gasteiger partial charge on any atom is -0.312 e. The number of nitrogens with zero attached hydrogens (tertiary/aromatic N) is 2. The number of hydrogen-bond acceptors (Lipinski definition) is 2. The van der Waals surface area contributed by atoms with E-state index in [1.54, 1.807) is 4.90 Å². The highest BCUT2D eigenvalue weighted by Crippen LogP contribution is 2.38. The summed E-state index contributed by atoms with van der Waals surface area (Å²) in [6.07, 6.45) is 3.68. The average molecular weight is 266 g/mol. The van der Waals surface area contributed by atoms with Crippen molar-refractivity contribution in [2.24, 2.45) is 0 Å². The van der Waals surface area contributed by atoms with Gasteiger partial charge in [0.1, 0.15) is 0 Å². The lowest BCUT2D eigenvalue weighted by molar-refractivity contribution is -0.107. The summed E-state index contributed by atoms with van der Waals surface area (Å²) in [7, 11) is 0. The summed E-state index contributed by atoms with van der Waals surface area (Å²) in [5, 5.41) is 0. The Morgan fingerprint density at radius 1 is 1.25 bits per heavy atom. The molecule has 1 aliphatic heterocycles. The third-order valence-corrected chi connectivity index (χ3v) is 3.82. The van der Waals surface area contributed by atoms with E-state index in [1.165, 1.54) is 5.56 Å². The van der Waals surface area contributed by atoms with Crippen molar-refractivity contribution in [1.29, 1.82) is 0 Å². The van der Waals surface area contributed by atoms with Crippen molar-refractivity contribution in [1.82, 2.24) is 4.98 Å². The highest BCUT2D eigenvalue weighted by Gasteiger charge is 2.36. The molecule has 1 aliphatic rings. The molecule has 102 valence electrons. The van der Waals surface area contributed by atoms with Crippen LogP contribution >= 0.6 is 0 Å². The molecule has 0 atom stereocenters. The van der Waals surface area contributed by atoms with Gasteiger partial charge >= 0.3 is 0 Å². The molecule has 1 aromatic carbocycles. The van der Waals surface area contributed by atoms with Gasteiger partial charge in [-0.1, -0.05) is 44.2 Å². The van der Waals surface area contributed by atoms with Gasteiger partial charge in [-0.2, -0.15) is 0 Å². The number of amides is 1. The third-order valence-electron chi connectivity index (χ3n) is 3.82. The quantitative estimate of drug-likeness (QED) is 0.800. The van der Waals surface area contributed by atoms with E-state index in [2.05, 4.69) is 37.0 Å². The number of carbonyl (C=O) groups is 1. The molecule has 2 aromatic rings. The van der Waals surface area contributed by atoms with Crippen molar-refractivity contribution < 1.29 is 4.79 Å². The van der Waals surface area contributed by atoms with Crippen LogP contribution in [-0.2, 0) is 16.6 Å². The van der Waals surface area contributed by atoms with Gasteiger partial charge < -0.3 is 4.90 Å². The molecule has 3 nitrogen and oxygen atoms in total. The summed E-state index contributed by atoms with van der Waals surface area (Å²) in [5.41, 5.74) is 4.30. The molecule has 0 unspecified atom stereocenters. The highest BCUT2D eigenvalue weighted by atomic mass is 16.1. The van der Waals surface area contributed by atoms with Crippen molar-refractivity contribution >= 4 is 12.1 Å². The van der Waals surface area contributed by atoms with Gasteiger partial charge in [-0.3, -0.25) is 9.78 Å². The second kappa shape index (κ2) is 4.75. The minimum atomic E-state index is -0.0679. The molecule has 3 heteroatoms. The molecule has 2 heterocycles. The zero-order valence-corrected chi connectivity index (χ0v) is 11.8. The lowest BCUT2D eigenvalue weighted by Gasteiger charge is -2.16. The van der Waals surface area contributed by atoms with E-state index >= 15 is 0 Å². The largest absolute Gasteiger partial charge is 0.312 e. The van der Waals surface area contributed by atoms with E-state index in [1.807, 2.05) is 24.4 Å². The van der Waals surface area contributed by atoms with Crippen LogP contribution in [-0.4, -0.2) is 17.9 Å². The number of benzene rings is 1. The molecule has 0 saturated heterocycles. The van der Waals surface area contributed by atoms with Crippen molar-refractivity contribution in [3.63, 3.8) is 0 Å². The number of rotatable bonds is 3. The number of anilines is 1. The monoisotopic (exact) mass is 266 g/mol. The Morgan fingerprint density at radius 3 is 2.70 bits per heavy atom. The Balaban J connectivity index is 1.95. The molecule has 0 fully saturated rings. The SMILES string of the molecule is CC1(C)CN(C=O)c2cc(Cc3ccccc3)cnc21. The van der Waals surface area contributed by atoms with Gasteiger partial charge in [0, 0.05) is 18.2 Å². The minimum absolute atomic E-state index is 0.0679. The van der Waals surface area contributed by atoms with E-state index in [-0.39, 0.29) is 5.41 Å². The van der Waals surface area contributed by atoms with E-state index in [0.29, 0.717) is 6.54 Å². The molecule has 20 heavy (non-hydrogen) atoms. The van der Waals surface area contributed by atoms with Crippen molar-refractivity contribution in [3.8, 4) is 0 Å². The van der Waals surface area contributed by atoms with Crippen LogP contribution < -0.4 is 4.90 Å². The number of pyridine rings is 1. The predicted molar refractivity (Wildman–Crippen MR) is 79.9 cm³/mol. The number of fused-ring (bicyclic) bond motifs is 1. The predicted octanol–water partition coefficient (Wildman–Crippen LogP) is 2.93. The van der Waals surface area contributed by atoms with Crippen molar-refractivity contribution in [3.05, 3.63) is 59.4 Å². The Morgan fingerprint density at radius 2 is 2.00 bits per heavy atom. The standard InChI is InChI=1S/C17H18N2O/c1-17(2)11-19(12-20)15-9-14(10-18-16(15)17)8-13-6-4-3-5-7-13/h3-7,9-10,12H,8,11H2,1-2H3. The summed E-state index contributed by atoms with van der Waals surface area (Å²) >= 11 is 0. The molecule has 0 N–H and O–H groups in total. The lowest BCUT2D eigenvalue weighted by atomic mass is 9.91. The lowest BCUT2D eigenvalue weighted by Crippen LogP contribution is -2.27. The topological polar surface area (TPSA) is 33.2 Å². The van der Waals surface area contributed by atoms with Crippen LogP contribution in [0.2, 0.25) is 0 Å². The molecular formula is C17H18N2O. The first-order chi connectivity index (χ1) is 9.60. The van der Waals surface area contributed by atoms with Gasteiger partial charge in [-0.05, 0) is 23.6 Å². The van der Waals surface area contributed by atoms with Crippen LogP contribution in [0.15, 0.2) is 42.6 Å². The Bertz CT molecular complexity index is 635. The molecule has 0 aliphatic carbocycles. The van der Waals surface area contributed by atoms with Crippen LogP contribution in [0.1, 0.15) is 30.7 Å². The summed E-state index contributed by atoms with van der Waals surface area (Å²) in [4.78, 5) is 17.6. The van der Waals surface area contributed by atoms with Crippen LogP contribution in [0.5, 0.6) is 0 Å². The maximum absolute atomic E-state index is 11.2. The maximum Gasteiger partial charge on any atom is 0.214 e. The second-order valence-electron chi connectivity index (χ2n) is 5.99. The van der Waals surface area contributed by atoms with Crippen LogP contribution in [0.25, 0.3) is 0 Å². The number of hydrogen-bond donors (Lipinski definition) is 0. The molecule has 0 saturated carbocycles. The smallest absolute Gasteiger partial charge is 0.214 e. The van der Waals surface area contributed by atoms with E-state index in [4.69, 9.17) is 0 Å². The molecule has 0 radical (unpaired) electrons. The van der Waals surface area contributed by atoms with Gasteiger partial charge in [0.2, 0.25) is 6.41 Å². The fourth-order valence-corrected chi connectivity index (χ4v) is 2.84. The Kier molecular flexibility index (Phi) is 3.05. The zero-order valence-electron chi connectivity index (χ0n) is 11.8. The molecule has 1 aromatic heterocycles. The molecular weight excluding hydrogens is 248 g/mol. The number of carbonyl (C=O) groups excluding carboxylic acids is 1. The first-order valence-corrected chi connectivity index (χ1v) is 6.85. The fourth-order valence-electron chi connectivity index (χ4n) is 2.84. The van der Waals surface area contributed by atoms with Crippen molar-refractivity contribution in [2.75, 3.05) is 11.4 Å².